The standard InChI is InChI=1S/C31H34N2O7/c1-31(2,3)40-29(36)32-16-17-38-21-14-12-20(13-15-21)18-27(28(34)35)33-30(37)39-19-26-24-10-6-4-8-22(24)23-9-5-7-11-25(23)26/h4-15,26-27H,16-19H2,1-3H3,(H,32,36)(H,33,37)(H,34,35)/t27-/m1/s1. The van der Waals surface area contributed by atoms with Crippen molar-refractivity contribution >= 4 is 18.2 Å². The van der Waals surface area contributed by atoms with Gasteiger partial charge in [-0.05, 0) is 60.7 Å². The third-order valence-corrected chi connectivity index (χ3v) is 6.34. The van der Waals surface area contributed by atoms with Crippen molar-refractivity contribution in [3.8, 4) is 16.9 Å². The summed E-state index contributed by atoms with van der Waals surface area (Å²) in [7, 11) is 0. The van der Waals surface area contributed by atoms with Gasteiger partial charge in [0.15, 0.2) is 0 Å². The van der Waals surface area contributed by atoms with Gasteiger partial charge in [0.2, 0.25) is 0 Å². The van der Waals surface area contributed by atoms with E-state index >= 15 is 0 Å². The highest BCUT2D eigenvalue weighted by molar-refractivity contribution is 5.81. The first-order valence-electron chi connectivity index (χ1n) is 13.1. The van der Waals surface area contributed by atoms with Gasteiger partial charge in [-0.15, -0.1) is 0 Å². The van der Waals surface area contributed by atoms with Gasteiger partial charge in [-0.25, -0.2) is 14.4 Å². The molecule has 1 atom stereocenters. The lowest BCUT2D eigenvalue weighted by atomic mass is 9.98. The molecule has 0 unspecified atom stereocenters. The van der Waals surface area contributed by atoms with Crippen LogP contribution in [0, 0.1) is 0 Å². The quantitative estimate of drug-likeness (QED) is 0.302. The van der Waals surface area contributed by atoms with E-state index in [2.05, 4.69) is 10.6 Å². The van der Waals surface area contributed by atoms with Crippen molar-refractivity contribution in [1.82, 2.24) is 10.6 Å². The average molecular weight is 547 g/mol. The van der Waals surface area contributed by atoms with Crippen LogP contribution in [0.15, 0.2) is 72.8 Å². The highest BCUT2D eigenvalue weighted by Crippen LogP contribution is 2.44. The lowest BCUT2D eigenvalue weighted by molar-refractivity contribution is -0.139. The van der Waals surface area contributed by atoms with E-state index in [-0.39, 0.29) is 32.1 Å². The van der Waals surface area contributed by atoms with Crippen LogP contribution in [-0.2, 0) is 20.7 Å². The molecular weight excluding hydrogens is 512 g/mol. The van der Waals surface area contributed by atoms with Crippen molar-refractivity contribution in [2.75, 3.05) is 19.8 Å². The smallest absolute Gasteiger partial charge is 0.407 e. The first-order valence-corrected chi connectivity index (χ1v) is 13.1. The number of nitrogens with one attached hydrogen (secondary N) is 2. The highest BCUT2D eigenvalue weighted by atomic mass is 16.6. The maximum absolute atomic E-state index is 12.6. The molecule has 1 aliphatic carbocycles. The molecule has 0 saturated heterocycles. The molecule has 9 heteroatoms. The molecule has 9 nitrogen and oxygen atoms in total. The monoisotopic (exact) mass is 546 g/mol. The Hall–Kier alpha value is -4.53. The van der Waals surface area contributed by atoms with Crippen molar-refractivity contribution in [3.05, 3.63) is 89.5 Å². The molecule has 3 N–H and O–H groups in total. The van der Waals surface area contributed by atoms with Gasteiger partial charge < -0.3 is 30.0 Å². The molecule has 3 aromatic rings. The second-order valence-electron chi connectivity index (χ2n) is 10.5. The van der Waals surface area contributed by atoms with Gasteiger partial charge in [0.1, 0.15) is 30.6 Å². The number of ether oxygens (including phenoxy) is 3. The molecule has 0 saturated carbocycles. The van der Waals surface area contributed by atoms with Crippen LogP contribution in [0.3, 0.4) is 0 Å². The number of alkyl carbamates (subject to hydrolysis) is 2. The summed E-state index contributed by atoms with van der Waals surface area (Å²) in [6.07, 6.45) is -1.23. The zero-order valence-electron chi connectivity index (χ0n) is 22.8. The molecule has 0 fully saturated rings. The fraction of sp³-hybridized carbons (Fsp3) is 0.323. The van der Waals surface area contributed by atoms with E-state index in [4.69, 9.17) is 14.2 Å². The normalized spacial score (nSPS) is 13.0. The Morgan fingerprint density at radius 3 is 2.05 bits per heavy atom. The minimum atomic E-state index is -1.17. The van der Waals surface area contributed by atoms with E-state index in [0.29, 0.717) is 11.3 Å². The van der Waals surface area contributed by atoms with E-state index in [0.717, 1.165) is 22.3 Å². The van der Waals surface area contributed by atoms with Gasteiger partial charge in [-0.3, -0.25) is 0 Å². The molecule has 210 valence electrons. The molecule has 0 bridgehead atoms. The molecular formula is C31H34N2O7. The minimum absolute atomic E-state index is 0.0695. The number of hydrogen-bond acceptors (Lipinski definition) is 6. The van der Waals surface area contributed by atoms with Crippen LogP contribution in [-0.4, -0.2) is 54.7 Å². The molecule has 40 heavy (non-hydrogen) atoms. The highest BCUT2D eigenvalue weighted by Gasteiger charge is 2.29. The summed E-state index contributed by atoms with van der Waals surface area (Å²) >= 11 is 0. The van der Waals surface area contributed by atoms with Crippen molar-refractivity contribution in [2.24, 2.45) is 0 Å². The number of carbonyl (C=O) groups excluding carboxylic acids is 2. The summed E-state index contributed by atoms with van der Waals surface area (Å²) in [5.41, 5.74) is 4.51. The minimum Gasteiger partial charge on any atom is -0.492 e. The van der Waals surface area contributed by atoms with Gasteiger partial charge in [0.05, 0.1) is 6.54 Å². The number of amides is 2. The summed E-state index contributed by atoms with van der Waals surface area (Å²) in [5, 5.41) is 14.8. The zero-order chi connectivity index (χ0) is 28.7. The predicted molar refractivity (Wildman–Crippen MR) is 150 cm³/mol. The number of carboxylic acid groups (broad SMARTS) is 1. The summed E-state index contributed by atoms with van der Waals surface area (Å²) < 4.78 is 16.3. The summed E-state index contributed by atoms with van der Waals surface area (Å²) in [6, 6.07) is 21.7. The molecule has 3 aromatic carbocycles. The third-order valence-electron chi connectivity index (χ3n) is 6.34. The fourth-order valence-electron chi connectivity index (χ4n) is 4.58. The number of fused-ring (bicyclic) bond motifs is 3. The Morgan fingerprint density at radius 2 is 1.48 bits per heavy atom. The average Bonchev–Trinajstić information content (AvgIpc) is 3.23. The van der Waals surface area contributed by atoms with E-state index in [9.17, 15) is 19.5 Å². The molecule has 0 heterocycles. The Labute approximate surface area is 233 Å². The molecule has 0 spiro atoms. The van der Waals surface area contributed by atoms with Crippen LogP contribution >= 0.6 is 0 Å². The zero-order valence-corrected chi connectivity index (χ0v) is 22.8. The number of benzene rings is 3. The maximum atomic E-state index is 12.6. The lowest BCUT2D eigenvalue weighted by Crippen LogP contribution is -2.42. The van der Waals surface area contributed by atoms with Crippen LogP contribution in [0.4, 0.5) is 9.59 Å². The Bertz CT molecular complexity index is 1300. The number of hydrogen-bond donors (Lipinski definition) is 3. The third kappa shape index (κ3) is 7.53. The van der Waals surface area contributed by atoms with E-state index < -0.39 is 29.8 Å². The SMILES string of the molecule is CC(C)(C)OC(=O)NCCOc1ccc(C[C@@H](NC(=O)OCC2c3ccccc3-c3ccccc32)C(=O)O)cc1. The molecule has 0 aliphatic heterocycles. The second-order valence-corrected chi connectivity index (χ2v) is 10.5. The predicted octanol–water partition coefficient (Wildman–Crippen LogP) is 5.12. The number of aliphatic carboxylic acids is 1. The lowest BCUT2D eigenvalue weighted by Gasteiger charge is -2.19. The Morgan fingerprint density at radius 1 is 0.875 bits per heavy atom. The van der Waals surface area contributed by atoms with E-state index in [1.807, 2.05) is 48.5 Å². The van der Waals surface area contributed by atoms with Crippen molar-refractivity contribution < 1.29 is 33.7 Å². The Balaban J connectivity index is 1.26. The summed E-state index contributed by atoms with van der Waals surface area (Å²) in [5.74, 6) is -0.721. The fourth-order valence-corrected chi connectivity index (χ4v) is 4.58. The van der Waals surface area contributed by atoms with Gasteiger partial charge >= 0.3 is 18.2 Å². The van der Waals surface area contributed by atoms with Gasteiger partial charge in [0, 0.05) is 12.3 Å². The second kappa shape index (κ2) is 12.5. The molecule has 0 aromatic heterocycles. The largest absolute Gasteiger partial charge is 0.492 e. The van der Waals surface area contributed by atoms with Crippen LogP contribution < -0.4 is 15.4 Å². The maximum Gasteiger partial charge on any atom is 0.407 e. The van der Waals surface area contributed by atoms with Crippen LogP contribution in [0.2, 0.25) is 0 Å². The molecule has 1 aliphatic rings. The van der Waals surface area contributed by atoms with Crippen LogP contribution in [0.1, 0.15) is 43.4 Å². The van der Waals surface area contributed by atoms with Gasteiger partial charge in [-0.1, -0.05) is 60.7 Å². The molecule has 4 rings (SSSR count). The molecule has 0 radical (unpaired) electrons. The van der Waals surface area contributed by atoms with E-state index in [1.165, 1.54) is 0 Å². The topological polar surface area (TPSA) is 123 Å². The van der Waals surface area contributed by atoms with Crippen molar-refractivity contribution in [1.29, 1.82) is 0 Å². The first kappa shape index (κ1) is 28.5. The van der Waals surface area contributed by atoms with E-state index in [1.54, 1.807) is 45.0 Å². The summed E-state index contributed by atoms with van der Waals surface area (Å²) in [4.78, 5) is 36.1. The van der Waals surface area contributed by atoms with Crippen molar-refractivity contribution in [3.63, 3.8) is 0 Å². The first-order chi connectivity index (χ1) is 19.1. The van der Waals surface area contributed by atoms with Crippen LogP contribution in [0.5, 0.6) is 5.75 Å². The van der Waals surface area contributed by atoms with Crippen LogP contribution in [0.25, 0.3) is 11.1 Å². The Kier molecular flexibility index (Phi) is 8.93. The van der Waals surface area contributed by atoms with Crippen molar-refractivity contribution in [2.45, 2.75) is 44.8 Å². The summed E-state index contributed by atoms with van der Waals surface area (Å²) in [6.45, 7) is 5.95. The number of rotatable bonds is 10. The van der Waals surface area contributed by atoms with Gasteiger partial charge in [0.25, 0.3) is 0 Å². The van der Waals surface area contributed by atoms with Gasteiger partial charge in [-0.2, -0.15) is 0 Å². The number of carboxylic acids is 1. The number of carbonyl (C=O) groups is 3. The molecule has 2 amide bonds.